The van der Waals surface area contributed by atoms with Gasteiger partial charge in [0.15, 0.2) is 0 Å². The van der Waals surface area contributed by atoms with E-state index in [1.54, 1.807) is 11.9 Å². The molecule has 1 aromatic rings. The second kappa shape index (κ2) is 6.55. The van der Waals surface area contributed by atoms with Gasteiger partial charge in [-0.05, 0) is 24.6 Å². The maximum absolute atomic E-state index is 12.1. The molecule has 0 amide bonds. The molecule has 0 aliphatic rings. The van der Waals surface area contributed by atoms with Crippen molar-refractivity contribution in [2.75, 3.05) is 20.1 Å². The minimum absolute atomic E-state index is 0.176. The summed E-state index contributed by atoms with van der Waals surface area (Å²) in [6.07, 6.45) is -1.51. The lowest BCUT2D eigenvalue weighted by Crippen LogP contribution is -2.27. The summed E-state index contributed by atoms with van der Waals surface area (Å²) in [5, 5.41) is 0. The fourth-order valence-electron chi connectivity index (χ4n) is 1.64. The normalized spacial score (nSPS) is 11.4. The largest absolute Gasteiger partial charge is 0.326 e. The molecule has 4 heteroatoms. The van der Waals surface area contributed by atoms with E-state index < -0.39 is 6.43 Å². The topological polar surface area (TPSA) is 29.3 Å². The maximum Gasteiger partial charge on any atom is 0.251 e. The van der Waals surface area contributed by atoms with Gasteiger partial charge >= 0.3 is 0 Å². The Labute approximate surface area is 95.1 Å². The van der Waals surface area contributed by atoms with Gasteiger partial charge in [0.2, 0.25) is 0 Å². The number of likely N-dealkylation sites (N-methyl/N-ethyl adjacent to an activating group) is 1. The fourth-order valence-corrected chi connectivity index (χ4v) is 1.64. The number of halogens is 2. The number of alkyl halides is 2. The van der Waals surface area contributed by atoms with E-state index in [4.69, 9.17) is 5.73 Å². The van der Waals surface area contributed by atoms with E-state index in [2.05, 4.69) is 0 Å². The summed E-state index contributed by atoms with van der Waals surface area (Å²) in [4.78, 5) is 1.64. The fraction of sp³-hybridized carbons (Fsp3) is 0.500. The van der Waals surface area contributed by atoms with E-state index in [0.717, 1.165) is 17.5 Å². The first-order chi connectivity index (χ1) is 7.63. The molecular formula is C12H18F2N2. The molecule has 90 valence electrons. The van der Waals surface area contributed by atoms with Gasteiger partial charge in [0.25, 0.3) is 6.43 Å². The van der Waals surface area contributed by atoms with Crippen molar-refractivity contribution in [3.8, 4) is 0 Å². The maximum atomic E-state index is 12.1. The van der Waals surface area contributed by atoms with Gasteiger partial charge in [-0.1, -0.05) is 24.3 Å². The van der Waals surface area contributed by atoms with Crippen LogP contribution in [-0.2, 0) is 13.0 Å². The number of rotatable bonds is 6. The molecule has 0 saturated heterocycles. The van der Waals surface area contributed by atoms with Crippen LogP contribution in [0, 0.1) is 0 Å². The Balaban J connectivity index is 2.47. The van der Waals surface area contributed by atoms with Crippen molar-refractivity contribution in [2.24, 2.45) is 5.73 Å². The minimum atomic E-state index is -2.27. The van der Waals surface area contributed by atoms with Gasteiger partial charge in [0, 0.05) is 13.1 Å². The molecule has 0 spiro atoms. The standard InChI is InChI=1S/C12H18F2N2/c1-16(9-12(13)14)7-6-10-4-2-3-5-11(10)8-15/h2-5,12H,6-9,15H2,1H3. The first-order valence-electron chi connectivity index (χ1n) is 5.37. The number of benzene rings is 1. The van der Waals surface area contributed by atoms with E-state index in [9.17, 15) is 8.78 Å². The van der Waals surface area contributed by atoms with Crippen molar-refractivity contribution >= 4 is 0 Å². The van der Waals surface area contributed by atoms with Crippen LogP contribution in [0.4, 0.5) is 8.78 Å². The molecule has 0 radical (unpaired) electrons. The molecule has 0 heterocycles. The minimum Gasteiger partial charge on any atom is -0.326 e. The van der Waals surface area contributed by atoms with Crippen LogP contribution in [0.15, 0.2) is 24.3 Å². The van der Waals surface area contributed by atoms with Crippen molar-refractivity contribution < 1.29 is 8.78 Å². The van der Waals surface area contributed by atoms with Crippen LogP contribution < -0.4 is 5.73 Å². The van der Waals surface area contributed by atoms with Crippen LogP contribution >= 0.6 is 0 Å². The van der Waals surface area contributed by atoms with Gasteiger partial charge in [-0.3, -0.25) is 0 Å². The molecule has 0 aromatic heterocycles. The highest BCUT2D eigenvalue weighted by molar-refractivity contribution is 5.27. The van der Waals surface area contributed by atoms with Crippen LogP contribution in [0.2, 0.25) is 0 Å². The molecule has 1 rings (SSSR count). The quantitative estimate of drug-likeness (QED) is 0.805. The van der Waals surface area contributed by atoms with Crippen molar-refractivity contribution in [1.29, 1.82) is 0 Å². The van der Waals surface area contributed by atoms with Crippen LogP contribution in [0.25, 0.3) is 0 Å². The van der Waals surface area contributed by atoms with E-state index in [-0.39, 0.29) is 6.54 Å². The van der Waals surface area contributed by atoms with Gasteiger partial charge in [-0.25, -0.2) is 8.78 Å². The van der Waals surface area contributed by atoms with Gasteiger partial charge in [0.1, 0.15) is 0 Å². The Morgan fingerprint density at radius 1 is 1.25 bits per heavy atom. The summed E-state index contributed by atoms with van der Waals surface area (Å²) >= 11 is 0. The highest BCUT2D eigenvalue weighted by atomic mass is 19.3. The zero-order chi connectivity index (χ0) is 12.0. The smallest absolute Gasteiger partial charge is 0.251 e. The second-order valence-electron chi connectivity index (χ2n) is 3.88. The molecule has 0 fully saturated rings. The lowest BCUT2D eigenvalue weighted by atomic mass is 10.0. The van der Waals surface area contributed by atoms with E-state index >= 15 is 0 Å². The number of hydrogen-bond acceptors (Lipinski definition) is 2. The summed E-state index contributed by atoms with van der Waals surface area (Å²) in [5.74, 6) is 0. The molecule has 2 nitrogen and oxygen atoms in total. The molecule has 0 aliphatic heterocycles. The summed E-state index contributed by atoms with van der Waals surface area (Å²) in [7, 11) is 1.71. The molecule has 0 saturated carbocycles. The zero-order valence-corrected chi connectivity index (χ0v) is 9.50. The lowest BCUT2D eigenvalue weighted by molar-refractivity contribution is 0.101. The third-order valence-electron chi connectivity index (χ3n) is 2.55. The zero-order valence-electron chi connectivity index (χ0n) is 9.50. The summed E-state index contributed by atoms with van der Waals surface area (Å²) < 4.78 is 24.2. The Morgan fingerprint density at radius 3 is 2.44 bits per heavy atom. The predicted octanol–water partition coefficient (Wildman–Crippen LogP) is 1.88. The van der Waals surface area contributed by atoms with E-state index in [1.807, 2.05) is 24.3 Å². The molecule has 0 unspecified atom stereocenters. The van der Waals surface area contributed by atoms with Crippen LogP contribution in [0.3, 0.4) is 0 Å². The Bertz CT molecular complexity index is 316. The monoisotopic (exact) mass is 228 g/mol. The van der Waals surface area contributed by atoms with E-state index in [1.165, 1.54) is 0 Å². The Morgan fingerprint density at radius 2 is 1.88 bits per heavy atom. The third kappa shape index (κ3) is 4.24. The average molecular weight is 228 g/mol. The molecular weight excluding hydrogens is 210 g/mol. The van der Waals surface area contributed by atoms with Gasteiger partial charge in [0.05, 0.1) is 6.54 Å². The summed E-state index contributed by atoms with van der Waals surface area (Å²) in [6, 6.07) is 7.86. The molecule has 0 aliphatic carbocycles. The Hall–Kier alpha value is -1.00. The molecule has 1 aromatic carbocycles. The van der Waals surface area contributed by atoms with Crippen LogP contribution in [0.1, 0.15) is 11.1 Å². The number of hydrogen-bond donors (Lipinski definition) is 1. The van der Waals surface area contributed by atoms with Gasteiger partial charge in [-0.2, -0.15) is 0 Å². The molecule has 2 N–H and O–H groups in total. The Kier molecular flexibility index (Phi) is 5.35. The predicted molar refractivity (Wildman–Crippen MR) is 61.5 cm³/mol. The lowest BCUT2D eigenvalue weighted by Gasteiger charge is -2.16. The molecule has 16 heavy (non-hydrogen) atoms. The van der Waals surface area contributed by atoms with Crippen molar-refractivity contribution in [1.82, 2.24) is 4.90 Å². The van der Waals surface area contributed by atoms with E-state index in [0.29, 0.717) is 13.1 Å². The highest BCUT2D eigenvalue weighted by Crippen LogP contribution is 2.09. The first-order valence-corrected chi connectivity index (χ1v) is 5.37. The first kappa shape index (κ1) is 13.1. The van der Waals surface area contributed by atoms with Gasteiger partial charge < -0.3 is 10.6 Å². The van der Waals surface area contributed by atoms with Crippen molar-refractivity contribution in [3.63, 3.8) is 0 Å². The summed E-state index contributed by atoms with van der Waals surface area (Å²) in [6.45, 7) is 0.945. The highest BCUT2D eigenvalue weighted by Gasteiger charge is 2.08. The SMILES string of the molecule is CN(CCc1ccccc1CN)CC(F)F. The van der Waals surface area contributed by atoms with Crippen LogP contribution in [-0.4, -0.2) is 31.5 Å². The second-order valence-corrected chi connectivity index (χ2v) is 3.88. The molecule has 0 atom stereocenters. The summed E-state index contributed by atoms with van der Waals surface area (Å²) in [5.41, 5.74) is 7.84. The molecule has 0 bridgehead atoms. The average Bonchev–Trinajstić information content (AvgIpc) is 2.26. The number of nitrogens with zero attached hydrogens (tertiary/aromatic N) is 1. The van der Waals surface area contributed by atoms with Crippen LogP contribution in [0.5, 0.6) is 0 Å². The third-order valence-corrected chi connectivity index (χ3v) is 2.55. The van der Waals surface area contributed by atoms with Crippen molar-refractivity contribution in [3.05, 3.63) is 35.4 Å². The van der Waals surface area contributed by atoms with Crippen molar-refractivity contribution in [2.45, 2.75) is 19.4 Å². The number of nitrogens with two attached hydrogens (primary N) is 1. The van der Waals surface area contributed by atoms with Gasteiger partial charge in [-0.15, -0.1) is 0 Å².